The van der Waals surface area contributed by atoms with Crippen LogP contribution < -0.4 is 0 Å². The van der Waals surface area contributed by atoms with E-state index in [1.807, 2.05) is 0 Å². The fourth-order valence-electron chi connectivity index (χ4n) is 4.30. The van der Waals surface area contributed by atoms with Crippen molar-refractivity contribution in [3.05, 3.63) is 24.5 Å². The summed E-state index contributed by atoms with van der Waals surface area (Å²) in [5.41, 5.74) is -0.0869. The van der Waals surface area contributed by atoms with Crippen molar-refractivity contribution in [2.24, 2.45) is 11.8 Å². The number of hydrogen-bond acceptors (Lipinski definition) is 14. The third kappa shape index (κ3) is 8.51. The van der Waals surface area contributed by atoms with Crippen molar-refractivity contribution in [2.75, 3.05) is 13.7 Å². The quantitative estimate of drug-likeness (QED) is 0.203. The zero-order chi connectivity index (χ0) is 30.1. The molecule has 0 aliphatic carbocycles. The zero-order valence-electron chi connectivity index (χ0n) is 22.6. The lowest BCUT2D eigenvalue weighted by atomic mass is 9.81. The molecule has 2 aliphatic rings. The molecule has 40 heavy (non-hydrogen) atoms. The van der Waals surface area contributed by atoms with Crippen molar-refractivity contribution in [1.82, 2.24) is 0 Å². The van der Waals surface area contributed by atoms with Gasteiger partial charge in [-0.2, -0.15) is 0 Å². The average molecular weight is 573 g/mol. The molecule has 0 aromatic rings. The van der Waals surface area contributed by atoms with Crippen LogP contribution >= 0.6 is 0 Å². The Bertz CT molecular complexity index is 1030. The van der Waals surface area contributed by atoms with Crippen LogP contribution in [-0.2, 0) is 66.7 Å². The first-order valence-corrected chi connectivity index (χ1v) is 12.0. The minimum absolute atomic E-state index is 0.0869. The van der Waals surface area contributed by atoms with Crippen molar-refractivity contribution in [2.45, 2.75) is 71.1 Å². The van der Waals surface area contributed by atoms with Crippen LogP contribution in [0.3, 0.4) is 0 Å². The van der Waals surface area contributed by atoms with Gasteiger partial charge in [-0.05, 0) is 0 Å². The molecule has 0 radical (unpaired) electrons. The van der Waals surface area contributed by atoms with Crippen LogP contribution in [0.25, 0.3) is 0 Å². The molecule has 2 aliphatic heterocycles. The Hall–Kier alpha value is -3.98. The van der Waals surface area contributed by atoms with Crippen molar-refractivity contribution >= 4 is 35.8 Å². The van der Waals surface area contributed by atoms with E-state index in [1.54, 1.807) is 0 Å². The van der Waals surface area contributed by atoms with Gasteiger partial charge in [-0.25, -0.2) is 4.79 Å². The normalized spacial score (nSPS) is 29.5. The van der Waals surface area contributed by atoms with Crippen LogP contribution in [0.5, 0.6) is 0 Å². The summed E-state index contributed by atoms with van der Waals surface area (Å²) >= 11 is 0. The molecule has 0 amide bonds. The van der Waals surface area contributed by atoms with E-state index in [9.17, 15) is 33.9 Å². The van der Waals surface area contributed by atoms with Gasteiger partial charge in [-0.3, -0.25) is 24.0 Å². The molecule has 15 nitrogen and oxygen atoms in total. The maximum absolute atomic E-state index is 12.3. The Morgan fingerprint density at radius 2 is 1.48 bits per heavy atom. The van der Waals surface area contributed by atoms with E-state index < -0.39 is 97.7 Å². The zero-order valence-corrected chi connectivity index (χ0v) is 22.6. The highest BCUT2D eigenvalue weighted by atomic mass is 16.8. The molecule has 0 saturated carbocycles. The number of hydrogen-bond donors (Lipinski definition) is 1. The Balaban J connectivity index is 2.53. The number of esters is 5. The standard InChI is InChI=1S/C25H32O15/c1-7-15-16(8-19(30)31)17(23(32)33-6)9-35-24(15)40-25-22(38-14(5)29)21(37-13(4)28)20(36-12(3)27)18(39-25)10-34-11(2)26/h7,9,15-16,18,20-22,24-25H,1,8,10H2,2-6H3,(H,30,31)/t15-,16+,18-,20-,21+,22-,24+,25+/m1/s1. The van der Waals surface area contributed by atoms with Gasteiger partial charge < -0.3 is 43.0 Å². The molecule has 0 aromatic carbocycles. The maximum Gasteiger partial charge on any atom is 0.337 e. The summed E-state index contributed by atoms with van der Waals surface area (Å²) in [7, 11) is 1.12. The summed E-state index contributed by atoms with van der Waals surface area (Å²) in [6.45, 7) is 7.54. The SMILES string of the molecule is C=C[C@H]1[C@H](O[C@@H]2O[C@H](COC(C)=O)[C@@H](OC(C)=O)[C@H](OC(C)=O)[C@H]2OC(C)=O)OC=C(C(=O)OC)[C@H]1CC(=O)O. The Morgan fingerprint density at radius 1 is 0.900 bits per heavy atom. The average Bonchev–Trinajstić information content (AvgIpc) is 2.85. The number of rotatable bonds is 11. The lowest BCUT2D eigenvalue weighted by molar-refractivity contribution is -0.342. The van der Waals surface area contributed by atoms with Crippen LogP contribution in [0.1, 0.15) is 34.1 Å². The van der Waals surface area contributed by atoms with Crippen LogP contribution in [0, 0.1) is 11.8 Å². The largest absolute Gasteiger partial charge is 0.481 e. The van der Waals surface area contributed by atoms with Gasteiger partial charge in [-0.15, -0.1) is 6.58 Å². The fourth-order valence-corrected chi connectivity index (χ4v) is 4.30. The molecular weight excluding hydrogens is 540 g/mol. The number of carbonyl (C=O) groups excluding carboxylic acids is 5. The summed E-state index contributed by atoms with van der Waals surface area (Å²) < 4.78 is 43.2. The second-order valence-electron chi connectivity index (χ2n) is 8.79. The van der Waals surface area contributed by atoms with E-state index in [2.05, 4.69) is 6.58 Å². The first kappa shape index (κ1) is 32.2. The summed E-state index contributed by atoms with van der Waals surface area (Å²) in [5.74, 6) is -7.23. The van der Waals surface area contributed by atoms with E-state index in [1.165, 1.54) is 6.08 Å². The van der Waals surface area contributed by atoms with Gasteiger partial charge in [0.05, 0.1) is 25.4 Å². The fraction of sp³-hybridized carbons (Fsp3) is 0.600. The first-order valence-electron chi connectivity index (χ1n) is 12.0. The van der Waals surface area contributed by atoms with Gasteiger partial charge >= 0.3 is 35.8 Å². The second-order valence-corrected chi connectivity index (χ2v) is 8.79. The lowest BCUT2D eigenvalue weighted by Gasteiger charge is -2.45. The van der Waals surface area contributed by atoms with E-state index >= 15 is 0 Å². The molecule has 1 saturated heterocycles. The number of carboxylic acid groups (broad SMARTS) is 1. The molecular formula is C25H32O15. The third-order valence-electron chi connectivity index (χ3n) is 5.81. The molecule has 0 aromatic heterocycles. The van der Waals surface area contributed by atoms with E-state index in [4.69, 9.17) is 37.9 Å². The molecule has 1 N–H and O–H groups in total. The first-order chi connectivity index (χ1) is 18.8. The third-order valence-corrected chi connectivity index (χ3v) is 5.81. The van der Waals surface area contributed by atoms with Crippen molar-refractivity contribution in [3.8, 4) is 0 Å². The number of ether oxygens (including phenoxy) is 8. The predicted molar refractivity (Wildman–Crippen MR) is 127 cm³/mol. The van der Waals surface area contributed by atoms with Crippen molar-refractivity contribution in [1.29, 1.82) is 0 Å². The van der Waals surface area contributed by atoms with Crippen LogP contribution in [0.4, 0.5) is 0 Å². The molecule has 222 valence electrons. The van der Waals surface area contributed by atoms with Crippen LogP contribution in [0.15, 0.2) is 24.5 Å². The summed E-state index contributed by atoms with van der Waals surface area (Å²) in [6.07, 6.45) is -6.94. The molecule has 0 unspecified atom stereocenters. The van der Waals surface area contributed by atoms with Gasteiger partial charge in [0.1, 0.15) is 12.7 Å². The van der Waals surface area contributed by atoms with E-state index in [-0.39, 0.29) is 5.57 Å². The molecule has 1 fully saturated rings. The Kier molecular flexibility index (Phi) is 11.6. The smallest absolute Gasteiger partial charge is 0.337 e. The minimum Gasteiger partial charge on any atom is -0.481 e. The summed E-state index contributed by atoms with van der Waals surface area (Å²) in [6, 6.07) is 0. The highest BCUT2D eigenvalue weighted by Crippen LogP contribution is 2.38. The van der Waals surface area contributed by atoms with Crippen LogP contribution in [-0.4, -0.2) is 91.6 Å². The molecule has 0 spiro atoms. The van der Waals surface area contributed by atoms with Gasteiger partial charge in [0, 0.05) is 39.5 Å². The summed E-state index contributed by atoms with van der Waals surface area (Å²) in [5, 5.41) is 9.45. The van der Waals surface area contributed by atoms with E-state index in [0.29, 0.717) is 0 Å². The number of aliphatic carboxylic acids is 1. The van der Waals surface area contributed by atoms with Gasteiger partial charge in [0.15, 0.2) is 18.3 Å². The van der Waals surface area contributed by atoms with Crippen molar-refractivity contribution in [3.63, 3.8) is 0 Å². The predicted octanol–water partition coefficient (Wildman–Crippen LogP) is 0.392. The second kappa shape index (κ2) is 14.4. The lowest BCUT2D eigenvalue weighted by Crippen LogP contribution is -2.63. The maximum atomic E-state index is 12.3. The topological polar surface area (TPSA) is 196 Å². The van der Waals surface area contributed by atoms with Crippen molar-refractivity contribution < 1.29 is 71.8 Å². The number of carboxylic acids is 1. The Labute approximate surface area is 229 Å². The molecule has 0 bridgehead atoms. The molecule has 2 heterocycles. The van der Waals surface area contributed by atoms with Gasteiger partial charge in [0.25, 0.3) is 0 Å². The number of methoxy groups -OCH3 is 1. The van der Waals surface area contributed by atoms with Gasteiger partial charge in [0.2, 0.25) is 12.6 Å². The van der Waals surface area contributed by atoms with Gasteiger partial charge in [-0.1, -0.05) is 6.08 Å². The number of carbonyl (C=O) groups is 6. The summed E-state index contributed by atoms with van der Waals surface area (Å²) in [4.78, 5) is 71.3. The van der Waals surface area contributed by atoms with E-state index in [0.717, 1.165) is 41.1 Å². The molecule has 15 heteroatoms. The minimum atomic E-state index is -1.60. The monoisotopic (exact) mass is 572 g/mol. The van der Waals surface area contributed by atoms with Crippen LogP contribution in [0.2, 0.25) is 0 Å². The highest BCUT2D eigenvalue weighted by Gasteiger charge is 2.54. The Morgan fingerprint density at radius 3 is 1.98 bits per heavy atom. The molecule has 2 rings (SSSR count). The highest BCUT2D eigenvalue weighted by molar-refractivity contribution is 5.89. The molecule has 8 atom stereocenters.